The lowest BCUT2D eigenvalue weighted by Crippen LogP contribution is -2.70. The van der Waals surface area contributed by atoms with Crippen molar-refractivity contribution in [1.29, 1.82) is 0 Å². The lowest BCUT2D eigenvalue weighted by Gasteiger charge is -2.62. The van der Waals surface area contributed by atoms with Crippen LogP contribution < -0.4 is 29.0 Å². The van der Waals surface area contributed by atoms with Crippen LogP contribution in [0.3, 0.4) is 0 Å². The number of carbonyl (C=O) groups excluding carboxylic acids is 1. The van der Waals surface area contributed by atoms with Crippen LogP contribution in [0.2, 0.25) is 0 Å². The van der Waals surface area contributed by atoms with Gasteiger partial charge in [-0.05, 0) is 73.7 Å². The summed E-state index contributed by atoms with van der Waals surface area (Å²) >= 11 is 1.57. The molecule has 4 bridgehead atoms. The number of methoxy groups -OCH3 is 2. The van der Waals surface area contributed by atoms with Crippen molar-refractivity contribution in [2.45, 2.75) is 74.5 Å². The molecule has 0 aromatic heterocycles. The number of ether oxygens (including phenoxy) is 6. The number of likely N-dealkylation sites (N-methyl/N-ethyl adjacent to an activating group) is 1. The monoisotopic (exact) mass is 809 g/mol. The van der Waals surface area contributed by atoms with Crippen molar-refractivity contribution in [3.63, 3.8) is 0 Å². The quantitative estimate of drug-likeness (QED) is 0.199. The Morgan fingerprint density at radius 2 is 1.76 bits per heavy atom. The molecule has 2 saturated heterocycles. The Bertz CT molecular complexity index is 2340. The van der Waals surface area contributed by atoms with Gasteiger partial charge >= 0.3 is 5.97 Å². The topological polar surface area (TPSA) is 152 Å². The van der Waals surface area contributed by atoms with E-state index in [-0.39, 0.29) is 49.0 Å². The van der Waals surface area contributed by atoms with Crippen LogP contribution in [0.15, 0.2) is 48.5 Å². The maximum atomic E-state index is 14.8. The number of aromatic hydroxyl groups is 2. The normalized spacial score (nSPS) is 28.2. The van der Waals surface area contributed by atoms with E-state index in [4.69, 9.17) is 28.4 Å². The van der Waals surface area contributed by atoms with E-state index < -0.39 is 41.1 Å². The van der Waals surface area contributed by atoms with Gasteiger partial charge in [0.1, 0.15) is 25.2 Å². The number of nitrogens with zero attached hydrogens (tertiary/aromatic N) is 2. The van der Waals surface area contributed by atoms with Crippen LogP contribution in [0, 0.1) is 13.8 Å². The second-order valence-corrected chi connectivity index (χ2v) is 17.2. The standard InChI is InChI=1S/C44H47N3O10S/c1-21-13-25-14-27-42(50)47-28-18-55-43(51)44(26-16-30(52-4)29(48)15-24(26)11-12-45-44)19-58-41(35(47)34(46(27)3)31(25)36(49)37(21)53-5)33-32(28)40-39(56-20-57-40)22(2)38(33)54-17-23-9-7-6-8-10-23/h6-10,13,15-16,27-28,34-35,41-42,45,48-50H,11-12,14,17-20H2,1-5H3/t27-,28-,34+,35?,41+,42-,44+/m0/s1. The van der Waals surface area contributed by atoms with Crippen LogP contribution in [-0.4, -0.2) is 96.4 Å². The van der Waals surface area contributed by atoms with Gasteiger partial charge in [0.25, 0.3) is 0 Å². The number of piperazine rings is 1. The number of nitrogens with one attached hydrogen (secondary N) is 1. The fourth-order valence-electron chi connectivity index (χ4n) is 10.6. The number of thioether (sulfide) groups is 1. The number of esters is 1. The second-order valence-electron chi connectivity index (χ2n) is 16.1. The summed E-state index contributed by atoms with van der Waals surface area (Å²) in [6.07, 6.45) is 0.0826. The molecule has 4 N–H and O–H groups in total. The third-order valence-electron chi connectivity index (χ3n) is 13.2. The summed E-state index contributed by atoms with van der Waals surface area (Å²) < 4.78 is 37.3. The number of phenolic OH excluding ortho intramolecular Hbond substituents is 2. The van der Waals surface area contributed by atoms with Gasteiger partial charge in [0, 0.05) is 40.6 Å². The predicted octanol–water partition coefficient (Wildman–Crippen LogP) is 5.07. The maximum Gasteiger partial charge on any atom is 0.331 e. The fourth-order valence-corrected chi connectivity index (χ4v) is 12.3. The molecule has 4 aromatic carbocycles. The Labute approximate surface area is 340 Å². The van der Waals surface area contributed by atoms with Crippen molar-refractivity contribution < 1.29 is 48.5 Å². The molecule has 0 saturated carbocycles. The average molecular weight is 810 g/mol. The van der Waals surface area contributed by atoms with Crippen LogP contribution >= 0.6 is 11.8 Å². The SMILES string of the molecule is COc1cc2c(cc1O)CCN[C@]21CS[C@@H]2c3c(OCc4ccccc4)c(C)c4c(c3[C@H](COC1=O)N1C2[C@H]2c3c(cc(C)c(OC)c3O)C[C@@H]([C@@H]1O)N2C)OCO4. The molecule has 0 radical (unpaired) electrons. The van der Waals surface area contributed by atoms with E-state index in [2.05, 4.69) is 21.2 Å². The number of aliphatic hydroxyl groups is 1. The van der Waals surface area contributed by atoms with Crippen molar-refractivity contribution in [1.82, 2.24) is 15.1 Å². The molecule has 304 valence electrons. The zero-order valence-electron chi connectivity index (χ0n) is 33.0. The number of hydrogen-bond acceptors (Lipinski definition) is 14. The minimum atomic E-state index is -1.31. The summed E-state index contributed by atoms with van der Waals surface area (Å²) in [5.74, 6) is 2.28. The van der Waals surface area contributed by atoms with Crippen molar-refractivity contribution in [3.05, 3.63) is 98.6 Å². The smallest absolute Gasteiger partial charge is 0.331 e. The van der Waals surface area contributed by atoms with Crippen LogP contribution in [0.4, 0.5) is 0 Å². The van der Waals surface area contributed by atoms with Crippen LogP contribution in [0.25, 0.3) is 0 Å². The molecule has 58 heavy (non-hydrogen) atoms. The average Bonchev–Trinajstić information content (AvgIpc) is 3.72. The molecule has 7 heterocycles. The number of hydrogen-bond donors (Lipinski definition) is 4. The molecule has 2 fully saturated rings. The summed E-state index contributed by atoms with van der Waals surface area (Å²) in [7, 11) is 5.07. The zero-order valence-corrected chi connectivity index (χ0v) is 33.9. The summed E-state index contributed by atoms with van der Waals surface area (Å²) in [6.45, 7) is 4.55. The highest BCUT2D eigenvalue weighted by Crippen LogP contribution is 2.64. The number of aryl methyl sites for hydroxylation is 1. The van der Waals surface area contributed by atoms with E-state index in [9.17, 15) is 20.1 Å². The third-order valence-corrected chi connectivity index (χ3v) is 14.7. The van der Waals surface area contributed by atoms with Crippen molar-refractivity contribution >= 4 is 17.7 Å². The minimum absolute atomic E-state index is 0.00444. The molecule has 0 aliphatic carbocycles. The molecular formula is C44H47N3O10S. The Kier molecular flexibility index (Phi) is 8.95. The van der Waals surface area contributed by atoms with Crippen LogP contribution in [-0.2, 0) is 34.5 Å². The molecule has 7 aliphatic heterocycles. The van der Waals surface area contributed by atoms with E-state index in [0.29, 0.717) is 47.9 Å². The Hall–Kier alpha value is -4.86. The molecular weight excluding hydrogens is 763 g/mol. The molecule has 7 atom stereocenters. The van der Waals surface area contributed by atoms with Crippen molar-refractivity contribution in [2.24, 2.45) is 0 Å². The third kappa shape index (κ3) is 5.27. The van der Waals surface area contributed by atoms with Gasteiger partial charge in [0.2, 0.25) is 6.79 Å². The van der Waals surface area contributed by atoms with Gasteiger partial charge in [-0.1, -0.05) is 36.4 Å². The Balaban J connectivity index is 1.23. The van der Waals surface area contributed by atoms with Gasteiger partial charge in [-0.25, -0.2) is 4.79 Å². The summed E-state index contributed by atoms with van der Waals surface area (Å²) in [5.41, 5.74) is 6.15. The Morgan fingerprint density at radius 3 is 2.53 bits per heavy atom. The molecule has 7 aliphatic rings. The molecule has 1 unspecified atom stereocenters. The van der Waals surface area contributed by atoms with E-state index in [0.717, 1.165) is 44.5 Å². The summed E-state index contributed by atoms with van der Waals surface area (Å²) in [4.78, 5) is 19.1. The van der Waals surface area contributed by atoms with E-state index in [1.165, 1.54) is 7.11 Å². The first-order valence-electron chi connectivity index (χ1n) is 19.7. The second kappa shape index (κ2) is 13.9. The zero-order chi connectivity index (χ0) is 40.2. The maximum absolute atomic E-state index is 14.8. The highest BCUT2D eigenvalue weighted by Gasteiger charge is 2.61. The Morgan fingerprint density at radius 1 is 0.966 bits per heavy atom. The van der Waals surface area contributed by atoms with Gasteiger partial charge in [0.15, 0.2) is 40.0 Å². The lowest BCUT2D eigenvalue weighted by atomic mass is 9.73. The van der Waals surface area contributed by atoms with E-state index in [1.807, 2.05) is 51.2 Å². The first-order valence-corrected chi connectivity index (χ1v) is 20.8. The predicted molar refractivity (Wildman–Crippen MR) is 214 cm³/mol. The number of aliphatic hydroxyl groups excluding tert-OH is 1. The van der Waals surface area contributed by atoms with E-state index >= 15 is 0 Å². The number of rotatable bonds is 5. The highest BCUT2D eigenvalue weighted by molar-refractivity contribution is 7.99. The summed E-state index contributed by atoms with van der Waals surface area (Å²) in [5, 5.41) is 38.8. The number of carbonyl (C=O) groups is 1. The van der Waals surface area contributed by atoms with Crippen molar-refractivity contribution in [3.8, 4) is 40.2 Å². The first-order chi connectivity index (χ1) is 28.1. The van der Waals surface area contributed by atoms with Gasteiger partial charge < -0.3 is 43.7 Å². The molecule has 4 aromatic rings. The molecule has 11 rings (SSSR count). The van der Waals surface area contributed by atoms with Gasteiger partial charge in [-0.2, -0.15) is 0 Å². The first kappa shape index (κ1) is 37.4. The van der Waals surface area contributed by atoms with Gasteiger partial charge in [0.05, 0.1) is 37.6 Å². The fraction of sp³-hybridized carbons (Fsp3) is 0.432. The number of fused-ring (bicyclic) bond motifs is 9. The number of phenols is 2. The summed E-state index contributed by atoms with van der Waals surface area (Å²) in [6, 6.07) is 13.5. The van der Waals surface area contributed by atoms with E-state index in [1.54, 1.807) is 31.0 Å². The highest BCUT2D eigenvalue weighted by atomic mass is 32.2. The largest absolute Gasteiger partial charge is 0.504 e. The molecule has 1 spiro atoms. The molecule has 14 heteroatoms. The van der Waals surface area contributed by atoms with Gasteiger partial charge in [-0.3, -0.25) is 15.1 Å². The minimum Gasteiger partial charge on any atom is -0.504 e. The van der Waals surface area contributed by atoms with Crippen molar-refractivity contribution in [2.75, 3.05) is 47.0 Å². The molecule has 0 amide bonds. The van der Waals surface area contributed by atoms with Crippen LogP contribution in [0.1, 0.15) is 67.4 Å². The molecule has 13 nitrogen and oxygen atoms in total. The number of benzene rings is 4. The lowest BCUT2D eigenvalue weighted by molar-refractivity contribution is -0.186. The van der Waals surface area contributed by atoms with Crippen LogP contribution in [0.5, 0.6) is 40.2 Å². The van der Waals surface area contributed by atoms with Gasteiger partial charge in [-0.15, -0.1) is 11.8 Å².